The van der Waals surface area contributed by atoms with Crippen molar-refractivity contribution >= 4 is 11.6 Å². The van der Waals surface area contributed by atoms with Crippen LogP contribution in [0.5, 0.6) is 0 Å². The summed E-state index contributed by atoms with van der Waals surface area (Å²) in [7, 11) is 0. The van der Waals surface area contributed by atoms with Gasteiger partial charge in [-0.25, -0.2) is 0 Å². The first kappa shape index (κ1) is 13.3. The van der Waals surface area contributed by atoms with Crippen LogP contribution in [-0.2, 0) is 0 Å². The highest BCUT2D eigenvalue weighted by Gasteiger charge is 2.15. The maximum absolute atomic E-state index is 12.2. The quantitative estimate of drug-likeness (QED) is 0.885. The van der Waals surface area contributed by atoms with E-state index in [0.717, 1.165) is 17.1 Å². The third-order valence-electron chi connectivity index (χ3n) is 3.17. The van der Waals surface area contributed by atoms with E-state index >= 15 is 0 Å². The second-order valence-electron chi connectivity index (χ2n) is 5.04. The molecular weight excluding hydrogens is 238 g/mol. The Kier molecular flexibility index (Phi) is 3.69. The molecule has 0 spiro atoms. The lowest BCUT2D eigenvalue weighted by Gasteiger charge is -2.09. The summed E-state index contributed by atoms with van der Waals surface area (Å²) in [4.78, 5) is 12.2. The van der Waals surface area contributed by atoms with E-state index < -0.39 is 0 Å². The Labute approximate surface area is 113 Å². The standard InChI is InChI=1S/C15H19N3O/c1-9(2)12-6-5-7-13(8-12)16-15(19)14-10(3)17-18-11(14)4/h5-9H,1-4H3,(H,16,19)(H,17,18). The number of aromatic amines is 1. The van der Waals surface area contributed by atoms with Gasteiger partial charge < -0.3 is 5.32 Å². The molecule has 0 saturated carbocycles. The molecule has 1 aromatic heterocycles. The van der Waals surface area contributed by atoms with Gasteiger partial charge in [-0.3, -0.25) is 9.89 Å². The smallest absolute Gasteiger partial charge is 0.259 e. The van der Waals surface area contributed by atoms with Crippen LogP contribution in [0.4, 0.5) is 5.69 Å². The fraction of sp³-hybridized carbons (Fsp3) is 0.333. The molecule has 4 nitrogen and oxygen atoms in total. The van der Waals surface area contributed by atoms with E-state index in [2.05, 4.69) is 35.4 Å². The molecule has 1 heterocycles. The molecule has 0 atom stereocenters. The molecule has 2 rings (SSSR count). The van der Waals surface area contributed by atoms with Gasteiger partial charge in [0, 0.05) is 11.4 Å². The lowest BCUT2D eigenvalue weighted by atomic mass is 10.0. The minimum absolute atomic E-state index is 0.121. The van der Waals surface area contributed by atoms with Crippen LogP contribution in [0.1, 0.15) is 47.1 Å². The Bertz CT molecular complexity index is 580. The van der Waals surface area contributed by atoms with E-state index in [1.54, 1.807) is 0 Å². The highest BCUT2D eigenvalue weighted by atomic mass is 16.1. The number of benzene rings is 1. The first-order valence-electron chi connectivity index (χ1n) is 6.42. The molecule has 1 aromatic carbocycles. The molecule has 0 aliphatic heterocycles. The van der Waals surface area contributed by atoms with Crippen molar-refractivity contribution < 1.29 is 4.79 Å². The van der Waals surface area contributed by atoms with Gasteiger partial charge >= 0.3 is 0 Å². The summed E-state index contributed by atoms with van der Waals surface area (Å²) >= 11 is 0. The van der Waals surface area contributed by atoms with Gasteiger partial charge in [0.05, 0.1) is 11.3 Å². The van der Waals surface area contributed by atoms with Crippen molar-refractivity contribution in [1.82, 2.24) is 10.2 Å². The summed E-state index contributed by atoms with van der Waals surface area (Å²) in [6.07, 6.45) is 0. The van der Waals surface area contributed by atoms with Crippen LogP contribution in [0, 0.1) is 13.8 Å². The number of carbonyl (C=O) groups excluding carboxylic acids is 1. The van der Waals surface area contributed by atoms with Crippen LogP contribution >= 0.6 is 0 Å². The average molecular weight is 257 g/mol. The van der Waals surface area contributed by atoms with Crippen molar-refractivity contribution in [2.75, 3.05) is 5.32 Å². The van der Waals surface area contributed by atoms with Gasteiger partial charge in [0.1, 0.15) is 0 Å². The fourth-order valence-electron chi connectivity index (χ4n) is 2.05. The van der Waals surface area contributed by atoms with Gasteiger partial charge in [0.2, 0.25) is 0 Å². The molecule has 4 heteroatoms. The van der Waals surface area contributed by atoms with Gasteiger partial charge in [-0.2, -0.15) is 5.10 Å². The monoisotopic (exact) mass is 257 g/mol. The molecule has 2 aromatic rings. The molecule has 0 bridgehead atoms. The van der Waals surface area contributed by atoms with E-state index in [9.17, 15) is 4.79 Å². The SMILES string of the molecule is Cc1n[nH]c(C)c1C(=O)Nc1cccc(C(C)C)c1. The van der Waals surface area contributed by atoms with Crippen LogP contribution in [0.2, 0.25) is 0 Å². The van der Waals surface area contributed by atoms with Crippen LogP contribution in [-0.4, -0.2) is 16.1 Å². The highest BCUT2D eigenvalue weighted by Crippen LogP contribution is 2.19. The number of hydrogen-bond donors (Lipinski definition) is 2. The minimum Gasteiger partial charge on any atom is -0.322 e. The van der Waals surface area contributed by atoms with E-state index in [-0.39, 0.29) is 5.91 Å². The zero-order valence-corrected chi connectivity index (χ0v) is 11.7. The van der Waals surface area contributed by atoms with Gasteiger partial charge in [0.25, 0.3) is 5.91 Å². The van der Waals surface area contributed by atoms with Gasteiger partial charge in [-0.15, -0.1) is 0 Å². The molecule has 0 radical (unpaired) electrons. The number of hydrogen-bond acceptors (Lipinski definition) is 2. The summed E-state index contributed by atoms with van der Waals surface area (Å²) in [5.74, 6) is 0.318. The Morgan fingerprint density at radius 2 is 2.05 bits per heavy atom. The first-order valence-corrected chi connectivity index (χ1v) is 6.42. The number of aromatic nitrogens is 2. The number of anilines is 1. The Morgan fingerprint density at radius 3 is 2.63 bits per heavy atom. The number of rotatable bonds is 3. The molecular formula is C15H19N3O. The number of amides is 1. The maximum atomic E-state index is 12.2. The van der Waals surface area contributed by atoms with Crippen molar-refractivity contribution in [2.24, 2.45) is 0 Å². The summed E-state index contributed by atoms with van der Waals surface area (Å²) in [6, 6.07) is 7.93. The maximum Gasteiger partial charge on any atom is 0.259 e. The Hall–Kier alpha value is -2.10. The van der Waals surface area contributed by atoms with Crippen molar-refractivity contribution in [1.29, 1.82) is 0 Å². The first-order chi connectivity index (χ1) is 8.99. The second kappa shape index (κ2) is 5.26. The molecule has 0 unspecified atom stereocenters. The number of carbonyl (C=O) groups is 1. The number of nitrogens with one attached hydrogen (secondary N) is 2. The van der Waals surface area contributed by atoms with E-state index in [4.69, 9.17) is 0 Å². The van der Waals surface area contributed by atoms with Crippen molar-refractivity contribution in [3.63, 3.8) is 0 Å². The largest absolute Gasteiger partial charge is 0.322 e. The molecule has 0 aliphatic rings. The zero-order valence-electron chi connectivity index (χ0n) is 11.7. The molecule has 1 amide bonds. The van der Waals surface area contributed by atoms with Crippen molar-refractivity contribution in [3.05, 3.63) is 46.8 Å². The lowest BCUT2D eigenvalue weighted by molar-refractivity contribution is 0.102. The predicted octanol–water partition coefficient (Wildman–Crippen LogP) is 3.40. The third kappa shape index (κ3) is 2.84. The molecule has 0 saturated heterocycles. The van der Waals surface area contributed by atoms with Crippen LogP contribution in [0.3, 0.4) is 0 Å². The summed E-state index contributed by atoms with van der Waals surface area (Å²) in [5.41, 5.74) is 4.15. The topological polar surface area (TPSA) is 57.8 Å². The van der Waals surface area contributed by atoms with Gasteiger partial charge in [0.15, 0.2) is 0 Å². The molecule has 100 valence electrons. The normalized spacial score (nSPS) is 10.8. The summed E-state index contributed by atoms with van der Waals surface area (Å²) < 4.78 is 0. The number of H-pyrrole nitrogens is 1. The molecule has 0 fully saturated rings. The van der Waals surface area contributed by atoms with Crippen molar-refractivity contribution in [3.8, 4) is 0 Å². The zero-order chi connectivity index (χ0) is 14.0. The Balaban J connectivity index is 2.22. The van der Waals surface area contributed by atoms with E-state index in [1.165, 1.54) is 5.56 Å². The van der Waals surface area contributed by atoms with E-state index in [0.29, 0.717) is 11.5 Å². The number of aryl methyl sites for hydroxylation is 2. The summed E-state index contributed by atoms with van der Waals surface area (Å²) in [5, 5.41) is 9.78. The van der Waals surface area contributed by atoms with Gasteiger partial charge in [-0.05, 0) is 37.5 Å². The third-order valence-corrected chi connectivity index (χ3v) is 3.17. The molecule has 0 aliphatic carbocycles. The predicted molar refractivity (Wildman–Crippen MR) is 76.5 cm³/mol. The van der Waals surface area contributed by atoms with Crippen molar-refractivity contribution in [2.45, 2.75) is 33.6 Å². The lowest BCUT2D eigenvalue weighted by Crippen LogP contribution is -2.13. The van der Waals surface area contributed by atoms with Gasteiger partial charge in [-0.1, -0.05) is 26.0 Å². The highest BCUT2D eigenvalue weighted by molar-refractivity contribution is 6.05. The Morgan fingerprint density at radius 1 is 1.32 bits per heavy atom. The van der Waals surface area contributed by atoms with Crippen LogP contribution in [0.25, 0.3) is 0 Å². The average Bonchev–Trinajstić information content (AvgIpc) is 2.69. The molecule has 19 heavy (non-hydrogen) atoms. The summed E-state index contributed by atoms with van der Waals surface area (Å²) in [6.45, 7) is 7.93. The second-order valence-corrected chi connectivity index (χ2v) is 5.04. The van der Waals surface area contributed by atoms with Crippen LogP contribution < -0.4 is 5.32 Å². The van der Waals surface area contributed by atoms with E-state index in [1.807, 2.05) is 32.0 Å². The fourth-order valence-corrected chi connectivity index (χ4v) is 2.05. The number of nitrogens with zero attached hydrogens (tertiary/aromatic N) is 1. The minimum atomic E-state index is -0.121. The van der Waals surface area contributed by atoms with Crippen LogP contribution in [0.15, 0.2) is 24.3 Å². The molecule has 2 N–H and O–H groups in total.